The zero-order valence-electron chi connectivity index (χ0n) is 10.8. The first-order valence-electron chi connectivity index (χ1n) is 5.72. The third kappa shape index (κ3) is 3.75. The van der Waals surface area contributed by atoms with Gasteiger partial charge in [-0.05, 0) is 24.0 Å². The Balaban J connectivity index is 2.13. The molecule has 4 nitrogen and oxygen atoms in total. The van der Waals surface area contributed by atoms with Crippen LogP contribution in [0.5, 0.6) is 0 Å². The van der Waals surface area contributed by atoms with Crippen molar-refractivity contribution in [1.82, 2.24) is 9.97 Å². The number of nitrogens with zero attached hydrogens (tertiary/aromatic N) is 3. The van der Waals surface area contributed by atoms with E-state index in [4.69, 9.17) is 17.3 Å². The second-order valence-corrected chi connectivity index (χ2v) is 5.38. The number of aromatic nitrogens is 2. The predicted octanol–water partition coefficient (Wildman–Crippen LogP) is 3.07. The lowest BCUT2D eigenvalue weighted by molar-refractivity contribution is 0.892. The molecule has 0 aliphatic carbocycles. The molecule has 0 spiro atoms. The number of nitrogen functional groups attached to an aromatic ring is 1. The molecule has 1 aromatic carbocycles. The quantitative estimate of drug-likeness (QED) is 0.694. The van der Waals surface area contributed by atoms with E-state index in [0.29, 0.717) is 11.0 Å². The fourth-order valence-corrected chi connectivity index (χ4v) is 2.30. The van der Waals surface area contributed by atoms with E-state index in [1.807, 2.05) is 11.9 Å². The van der Waals surface area contributed by atoms with Gasteiger partial charge in [-0.2, -0.15) is 4.98 Å². The van der Waals surface area contributed by atoms with Gasteiger partial charge in [0.05, 0.1) is 0 Å². The molecule has 0 amide bonds. The first-order valence-corrected chi connectivity index (χ1v) is 7.33. The van der Waals surface area contributed by atoms with Crippen molar-refractivity contribution < 1.29 is 0 Å². The molecular weight excluding hydrogens is 280 g/mol. The number of hydrogen-bond acceptors (Lipinski definition) is 5. The second kappa shape index (κ2) is 6.12. The Kier molecular flexibility index (Phi) is 4.50. The monoisotopic (exact) mass is 294 g/mol. The van der Waals surface area contributed by atoms with E-state index < -0.39 is 0 Å². The van der Waals surface area contributed by atoms with Gasteiger partial charge in [0.15, 0.2) is 0 Å². The van der Waals surface area contributed by atoms with E-state index in [9.17, 15) is 0 Å². The third-order valence-corrected chi connectivity index (χ3v) is 3.61. The summed E-state index contributed by atoms with van der Waals surface area (Å²) in [4.78, 5) is 11.3. The maximum atomic E-state index is 5.88. The van der Waals surface area contributed by atoms with Crippen molar-refractivity contribution in [2.45, 2.75) is 11.4 Å². The normalized spacial score (nSPS) is 10.5. The molecule has 2 N–H and O–H groups in total. The van der Waals surface area contributed by atoms with Crippen LogP contribution in [0.25, 0.3) is 0 Å². The van der Waals surface area contributed by atoms with E-state index in [1.165, 1.54) is 10.5 Å². The SMILES string of the molecule is CSc1ccc(CN(C)c2cc(Cl)nc(N)n2)cc1. The van der Waals surface area contributed by atoms with E-state index >= 15 is 0 Å². The maximum absolute atomic E-state index is 5.88. The fraction of sp³-hybridized carbons (Fsp3) is 0.231. The average molecular weight is 295 g/mol. The van der Waals surface area contributed by atoms with Gasteiger partial charge in [-0.25, -0.2) is 4.98 Å². The van der Waals surface area contributed by atoms with Gasteiger partial charge in [-0.15, -0.1) is 11.8 Å². The van der Waals surface area contributed by atoms with E-state index in [2.05, 4.69) is 40.5 Å². The Morgan fingerprint density at radius 2 is 1.95 bits per heavy atom. The molecule has 0 bridgehead atoms. The van der Waals surface area contributed by atoms with Crippen molar-refractivity contribution in [1.29, 1.82) is 0 Å². The third-order valence-electron chi connectivity index (χ3n) is 2.67. The van der Waals surface area contributed by atoms with Crippen molar-refractivity contribution in [2.75, 3.05) is 23.9 Å². The highest BCUT2D eigenvalue weighted by atomic mass is 35.5. The summed E-state index contributed by atoms with van der Waals surface area (Å²) in [6.07, 6.45) is 2.06. The summed E-state index contributed by atoms with van der Waals surface area (Å²) in [6, 6.07) is 10.1. The lowest BCUT2D eigenvalue weighted by atomic mass is 10.2. The minimum absolute atomic E-state index is 0.187. The molecular formula is C13H15ClN4S. The molecule has 0 aliphatic rings. The number of halogens is 1. The van der Waals surface area contributed by atoms with Crippen molar-refractivity contribution in [3.05, 3.63) is 41.0 Å². The van der Waals surface area contributed by atoms with E-state index in [-0.39, 0.29) is 5.95 Å². The van der Waals surface area contributed by atoms with Gasteiger partial charge in [-0.1, -0.05) is 23.7 Å². The molecule has 0 aliphatic heterocycles. The van der Waals surface area contributed by atoms with Crippen LogP contribution in [0, 0.1) is 0 Å². The largest absolute Gasteiger partial charge is 0.368 e. The van der Waals surface area contributed by atoms with Crippen LogP contribution in [0.3, 0.4) is 0 Å². The lowest BCUT2D eigenvalue weighted by Crippen LogP contribution is -2.18. The van der Waals surface area contributed by atoms with Crippen molar-refractivity contribution in [3.8, 4) is 0 Å². The van der Waals surface area contributed by atoms with Crippen molar-refractivity contribution in [2.24, 2.45) is 0 Å². The maximum Gasteiger partial charge on any atom is 0.223 e. The highest BCUT2D eigenvalue weighted by Crippen LogP contribution is 2.19. The number of thioether (sulfide) groups is 1. The molecule has 0 atom stereocenters. The highest BCUT2D eigenvalue weighted by molar-refractivity contribution is 7.98. The highest BCUT2D eigenvalue weighted by Gasteiger charge is 2.07. The molecule has 1 heterocycles. The molecule has 0 unspecified atom stereocenters. The fourth-order valence-electron chi connectivity index (χ4n) is 1.70. The van der Waals surface area contributed by atoms with Crippen LogP contribution in [-0.2, 0) is 6.54 Å². The van der Waals surface area contributed by atoms with Crippen molar-refractivity contribution >= 4 is 35.1 Å². The van der Waals surface area contributed by atoms with E-state index in [0.717, 1.165) is 6.54 Å². The smallest absolute Gasteiger partial charge is 0.223 e. The van der Waals surface area contributed by atoms with Gasteiger partial charge in [0.1, 0.15) is 11.0 Å². The molecule has 1 aromatic heterocycles. The lowest BCUT2D eigenvalue weighted by Gasteiger charge is -2.18. The molecule has 6 heteroatoms. The first kappa shape index (κ1) is 14.0. The van der Waals surface area contributed by atoms with Crippen LogP contribution in [0.15, 0.2) is 35.2 Å². The minimum atomic E-state index is 0.187. The summed E-state index contributed by atoms with van der Waals surface area (Å²) in [5, 5.41) is 0.354. The molecule has 100 valence electrons. The predicted molar refractivity (Wildman–Crippen MR) is 81.8 cm³/mol. The average Bonchev–Trinajstić information content (AvgIpc) is 2.38. The summed E-state index contributed by atoms with van der Waals surface area (Å²) >= 11 is 7.60. The van der Waals surface area contributed by atoms with Gasteiger partial charge in [0.2, 0.25) is 5.95 Å². The topological polar surface area (TPSA) is 55.0 Å². The number of benzene rings is 1. The Morgan fingerprint density at radius 3 is 2.53 bits per heavy atom. The Bertz CT molecular complexity index is 539. The molecule has 0 radical (unpaired) electrons. The molecule has 0 fully saturated rings. The zero-order valence-corrected chi connectivity index (χ0v) is 12.4. The molecule has 0 saturated carbocycles. The number of anilines is 2. The van der Waals surface area contributed by atoms with Gasteiger partial charge in [-0.3, -0.25) is 0 Å². The number of nitrogens with two attached hydrogens (primary N) is 1. The Morgan fingerprint density at radius 1 is 1.26 bits per heavy atom. The Labute approximate surface area is 122 Å². The van der Waals surface area contributed by atoms with Gasteiger partial charge in [0, 0.05) is 24.6 Å². The summed E-state index contributed by atoms with van der Waals surface area (Å²) in [5.41, 5.74) is 6.79. The summed E-state index contributed by atoms with van der Waals surface area (Å²) < 4.78 is 0. The Hall–Kier alpha value is -1.46. The van der Waals surface area contributed by atoms with Gasteiger partial charge >= 0.3 is 0 Å². The standard InChI is InChI=1S/C13H15ClN4S/c1-18(12-7-11(14)16-13(15)17-12)8-9-3-5-10(19-2)6-4-9/h3-7H,8H2,1-2H3,(H2,15,16,17). The second-order valence-electron chi connectivity index (χ2n) is 4.11. The molecule has 2 rings (SSSR count). The van der Waals surface area contributed by atoms with Gasteiger partial charge < -0.3 is 10.6 Å². The van der Waals surface area contributed by atoms with E-state index in [1.54, 1.807) is 17.8 Å². The van der Waals surface area contributed by atoms with Crippen LogP contribution < -0.4 is 10.6 Å². The number of rotatable bonds is 4. The zero-order chi connectivity index (χ0) is 13.8. The minimum Gasteiger partial charge on any atom is -0.368 e. The summed E-state index contributed by atoms with van der Waals surface area (Å²) in [5.74, 6) is 0.901. The summed E-state index contributed by atoms with van der Waals surface area (Å²) in [6.45, 7) is 0.738. The molecule has 0 saturated heterocycles. The van der Waals surface area contributed by atoms with Crippen LogP contribution in [-0.4, -0.2) is 23.3 Å². The molecule has 19 heavy (non-hydrogen) atoms. The van der Waals surface area contributed by atoms with Crippen LogP contribution >= 0.6 is 23.4 Å². The first-order chi connectivity index (χ1) is 9.08. The number of hydrogen-bond donors (Lipinski definition) is 1. The molecule has 2 aromatic rings. The van der Waals surface area contributed by atoms with Crippen LogP contribution in [0.1, 0.15) is 5.56 Å². The summed E-state index contributed by atoms with van der Waals surface area (Å²) in [7, 11) is 1.95. The van der Waals surface area contributed by atoms with Crippen LogP contribution in [0.4, 0.5) is 11.8 Å². The van der Waals surface area contributed by atoms with Gasteiger partial charge in [0.25, 0.3) is 0 Å². The van der Waals surface area contributed by atoms with Crippen LogP contribution in [0.2, 0.25) is 5.15 Å². The van der Waals surface area contributed by atoms with Crippen molar-refractivity contribution in [3.63, 3.8) is 0 Å².